The lowest BCUT2D eigenvalue weighted by Crippen LogP contribution is -2.61. The van der Waals surface area contributed by atoms with E-state index in [1.54, 1.807) is 62.3 Å². The van der Waals surface area contributed by atoms with Crippen LogP contribution in [0.25, 0.3) is 22.6 Å². The zero-order valence-corrected chi connectivity index (χ0v) is 58.7. The number of ether oxygens (including phenoxy) is 2. The number of hydrogen-bond acceptors (Lipinski definition) is 19. The maximum Gasteiger partial charge on any atom is 0.329 e. The number of carbonyl (C=O) groups is 12. The van der Waals surface area contributed by atoms with Gasteiger partial charge in [-0.05, 0) is 88.7 Å². The van der Waals surface area contributed by atoms with E-state index in [4.69, 9.17) is 24.6 Å². The first kappa shape index (κ1) is 74.1. The monoisotopic (exact) mass is 1360 g/mol. The number of nitrogens with one attached hydrogen (secondary N) is 5. The topological polar surface area (TPSA) is 372 Å². The summed E-state index contributed by atoms with van der Waals surface area (Å²) in [6, 6.07) is -0.303. The molecule has 5 aliphatic heterocycles. The van der Waals surface area contributed by atoms with Crippen LogP contribution < -0.4 is 37.7 Å². The maximum atomic E-state index is 15.7. The van der Waals surface area contributed by atoms with E-state index >= 15 is 19.2 Å². The molecule has 10 atom stereocenters. The van der Waals surface area contributed by atoms with Gasteiger partial charge in [-0.25, -0.2) is 14.6 Å². The van der Waals surface area contributed by atoms with Crippen LogP contribution in [0.2, 0.25) is 0 Å². The van der Waals surface area contributed by atoms with Gasteiger partial charge in [-0.2, -0.15) is 0 Å². The first-order valence-corrected chi connectivity index (χ1v) is 33.3. The summed E-state index contributed by atoms with van der Waals surface area (Å²) in [5.74, 6) is -12.6. The fourth-order valence-electron chi connectivity index (χ4n) is 13.3. The number of rotatable bonds is 11. The third-order valence-corrected chi connectivity index (χ3v) is 19.0. The lowest BCUT2D eigenvalue weighted by molar-refractivity contribution is -0.163. The van der Waals surface area contributed by atoms with Gasteiger partial charge in [-0.15, -0.1) is 0 Å². The van der Waals surface area contributed by atoms with Crippen LogP contribution >= 0.6 is 0 Å². The number of hydrogen-bond donors (Lipinski definition) is 6. The highest BCUT2D eigenvalue weighted by atomic mass is 16.6. The molecule has 4 fully saturated rings. The van der Waals surface area contributed by atoms with Gasteiger partial charge in [0.2, 0.25) is 52.7 Å². The maximum absolute atomic E-state index is 15.7. The first-order chi connectivity index (χ1) is 46.1. The Morgan fingerprint density at radius 2 is 1.07 bits per heavy atom. The summed E-state index contributed by atoms with van der Waals surface area (Å²) in [6.45, 7) is 18.6. The highest BCUT2D eigenvalue weighted by molar-refractivity contribution is 6.11. The van der Waals surface area contributed by atoms with Gasteiger partial charge < -0.3 is 75.6 Å². The van der Waals surface area contributed by atoms with Crippen molar-refractivity contribution in [2.24, 2.45) is 23.7 Å². The minimum atomic E-state index is -1.91. The molecule has 1 aliphatic carbocycles. The summed E-state index contributed by atoms with van der Waals surface area (Å²) >= 11 is 0. The Hall–Kier alpha value is -9.70. The third-order valence-electron chi connectivity index (χ3n) is 19.0. The van der Waals surface area contributed by atoms with Crippen LogP contribution in [0.1, 0.15) is 132 Å². The van der Waals surface area contributed by atoms with Gasteiger partial charge in [-0.3, -0.25) is 52.7 Å². The molecule has 530 valence electrons. The van der Waals surface area contributed by atoms with E-state index in [0.717, 1.165) is 15.4 Å². The Balaban J connectivity index is 1.27. The number of nitrogen functional groups attached to an aromatic ring is 1. The van der Waals surface area contributed by atoms with Crippen LogP contribution in [-0.2, 0) is 64.0 Å². The van der Waals surface area contributed by atoms with Crippen molar-refractivity contribution in [3.05, 3.63) is 74.4 Å². The third kappa shape index (κ3) is 15.2. The second-order valence-electron chi connectivity index (χ2n) is 27.5. The average Bonchev–Trinajstić information content (AvgIpc) is 0.737. The Morgan fingerprint density at radius 3 is 1.51 bits per heavy atom. The van der Waals surface area contributed by atoms with Crippen molar-refractivity contribution in [1.82, 2.24) is 55.7 Å². The number of aryl methyl sites for hydroxylation is 1. The molecular weight excluding hydrogens is 1270 g/mol. The van der Waals surface area contributed by atoms with Gasteiger partial charge in [-0.1, -0.05) is 85.7 Å². The van der Waals surface area contributed by atoms with Gasteiger partial charge in [0, 0.05) is 64.6 Å². The number of amides is 10. The van der Waals surface area contributed by atoms with Crippen LogP contribution in [0.15, 0.2) is 45.6 Å². The van der Waals surface area contributed by atoms with Crippen molar-refractivity contribution in [1.29, 1.82) is 0 Å². The van der Waals surface area contributed by atoms with Gasteiger partial charge in [0.1, 0.15) is 71.8 Å². The number of nitrogens with zero attached hydrogens (tertiary/aromatic N) is 7. The highest BCUT2D eigenvalue weighted by Gasteiger charge is 2.47. The zero-order valence-electron chi connectivity index (χ0n) is 58.7. The molecular formula is C69H93N13O16. The summed E-state index contributed by atoms with van der Waals surface area (Å²) in [6.07, 6.45) is -1.75. The molecule has 29 nitrogen and oxygen atoms in total. The van der Waals surface area contributed by atoms with Gasteiger partial charge in [0.05, 0.1) is 29.9 Å². The molecule has 10 amide bonds. The number of carbonyl (C=O) groups excluding carboxylic acids is 12. The summed E-state index contributed by atoms with van der Waals surface area (Å²) < 4.78 is 18.7. The first-order valence-electron chi connectivity index (χ1n) is 33.3. The number of anilines is 2. The van der Waals surface area contributed by atoms with Crippen LogP contribution in [0.5, 0.6) is 0 Å². The van der Waals surface area contributed by atoms with Gasteiger partial charge in [0.25, 0.3) is 11.8 Å². The Bertz CT molecular complexity index is 3830. The van der Waals surface area contributed by atoms with Crippen molar-refractivity contribution in [2.75, 3.05) is 65.4 Å². The Morgan fingerprint density at radius 1 is 0.622 bits per heavy atom. The molecule has 98 heavy (non-hydrogen) atoms. The fraction of sp³-hybridized carbons (Fsp3) is 0.565. The molecule has 29 heteroatoms. The molecule has 8 rings (SSSR count). The summed E-state index contributed by atoms with van der Waals surface area (Å²) in [7, 11) is 5.59. The highest BCUT2D eigenvalue weighted by Crippen LogP contribution is 2.38. The Labute approximate surface area is 569 Å². The normalized spacial score (nSPS) is 25.0. The quantitative estimate of drug-likeness (QED) is 0.0713. The molecule has 10 unspecified atom stereocenters. The van der Waals surface area contributed by atoms with E-state index in [1.807, 2.05) is 30.3 Å². The van der Waals surface area contributed by atoms with E-state index < -0.39 is 191 Å². The van der Waals surface area contributed by atoms with E-state index in [-0.39, 0.29) is 66.2 Å². The molecule has 7 N–H and O–H groups in total. The summed E-state index contributed by atoms with van der Waals surface area (Å²) in [5, 5.41) is 14.2. The molecule has 0 radical (unpaired) electrons. The Kier molecular flexibility index (Phi) is 23.0. The molecule has 0 spiro atoms. The predicted molar refractivity (Wildman–Crippen MR) is 359 cm³/mol. The number of aromatic nitrogens is 1. The summed E-state index contributed by atoms with van der Waals surface area (Å²) in [5.41, 5.74) is 4.55. The lowest BCUT2D eigenvalue weighted by atomic mass is 9.98. The van der Waals surface area contributed by atoms with Crippen LogP contribution in [-0.4, -0.2) is 220 Å². The minimum Gasteiger partial charge on any atom is -0.458 e. The molecule has 0 bridgehead atoms. The number of fused-ring (bicyclic) bond motifs is 4. The minimum absolute atomic E-state index is 0.113. The van der Waals surface area contributed by atoms with E-state index in [0.29, 0.717) is 18.4 Å². The molecule has 4 saturated heterocycles. The van der Waals surface area contributed by atoms with Crippen molar-refractivity contribution < 1.29 is 71.4 Å². The second-order valence-corrected chi connectivity index (χ2v) is 27.5. The van der Waals surface area contributed by atoms with Crippen molar-refractivity contribution in [3.8, 4) is 11.5 Å². The molecule has 2 aromatic carbocycles. The van der Waals surface area contributed by atoms with Crippen molar-refractivity contribution in [3.63, 3.8) is 0 Å². The zero-order chi connectivity index (χ0) is 72.4. The fourth-order valence-corrected chi connectivity index (χ4v) is 13.3. The summed E-state index contributed by atoms with van der Waals surface area (Å²) in [4.78, 5) is 202. The number of cyclic esters (lactones) is 2. The lowest BCUT2D eigenvalue weighted by Gasteiger charge is -2.36. The number of benzene rings is 3. The average molecular weight is 1360 g/mol. The second kappa shape index (κ2) is 30.4. The smallest absolute Gasteiger partial charge is 0.329 e. The van der Waals surface area contributed by atoms with Crippen LogP contribution in [0.4, 0.5) is 11.4 Å². The largest absolute Gasteiger partial charge is 0.458 e. The standard InChI is InChI=1S/C69H93N13O16/c1-32(2)49-66(92)81-26-20-24-43(81)64(90)77(13)30-45(83)79(15)55(34(5)6)68(94)96-38(11)51(62(88)73-49)75-60(86)41-28-42(71-29-40-22-18-17-19-23-40)36(9)58-53(41)72-54-47(48(70)57(85)37(10)59(54)98-58)61(87)76-52-39(12)97-69(95)56(35(7)8)80(16)46(84)31-78(14)65(91)44-25-21-27-82(44)67(93)50(33(3)4)74-63(52)89/h17-19,22-23,28,32-35,38-39,43-44,49-52,55-56,71H,20-21,24-27,29-31,70H2,1-16H3,(H,73,88)(H,74,89)(H,75,86)(H,76,87). The number of esters is 2. The van der Waals surface area contributed by atoms with Crippen LogP contribution in [0, 0.1) is 37.5 Å². The number of nitrogens with two attached hydrogens (primary N) is 1. The van der Waals surface area contributed by atoms with E-state index in [1.165, 1.54) is 74.6 Å². The van der Waals surface area contributed by atoms with Crippen molar-refractivity contribution >= 4 is 93.5 Å². The predicted octanol–water partition coefficient (Wildman–Crippen LogP) is 2.34. The van der Waals surface area contributed by atoms with Gasteiger partial charge >= 0.3 is 11.9 Å². The molecule has 0 aromatic heterocycles. The van der Waals surface area contributed by atoms with Gasteiger partial charge in [0.15, 0.2) is 11.3 Å². The van der Waals surface area contributed by atoms with Crippen molar-refractivity contribution in [2.45, 2.75) is 176 Å². The molecule has 0 saturated carbocycles. The van der Waals surface area contributed by atoms with Crippen LogP contribution in [0.3, 0.4) is 0 Å². The molecule has 6 aliphatic rings. The SMILES string of the molecule is Cc1c2oc3c(C)c(NCc4ccccc4)cc(C(=O)NC4C(=O)NC(C(C)C)C(=O)N5CCCC5C(=O)N(C)CC(=O)N(C)C(C(C)C)C(=O)OC4C)c3nc-2c(C(=O)NC2C(=O)NC(C(C)C)C(=O)N3CCCC3C(=O)N(C)CC(=O)N(C)C(C(C)C)C(=O)OC2C)c(N)c1=O. The number of likely N-dealkylation sites (N-methyl/N-ethyl adjacent to an activating group) is 4. The molecule has 2 aromatic rings. The van der Waals surface area contributed by atoms with E-state index in [2.05, 4.69) is 26.6 Å². The molecule has 5 heterocycles. The van der Waals surface area contributed by atoms with E-state index in [9.17, 15) is 43.2 Å².